The van der Waals surface area contributed by atoms with Gasteiger partial charge < -0.3 is 5.11 Å². The first-order chi connectivity index (χ1) is 10.9. The fraction of sp³-hybridized carbons (Fsp3) is 0.188. The third-order valence-electron chi connectivity index (χ3n) is 3.23. The maximum atomic E-state index is 13.1. The number of halogens is 1. The Hall–Kier alpha value is -2.25. The van der Waals surface area contributed by atoms with Gasteiger partial charge in [0.1, 0.15) is 11.9 Å². The van der Waals surface area contributed by atoms with Crippen LogP contribution in [0.3, 0.4) is 0 Å². The Labute approximate surface area is 133 Å². The van der Waals surface area contributed by atoms with Gasteiger partial charge in [0.15, 0.2) is 0 Å². The lowest BCUT2D eigenvalue weighted by atomic mass is 10.1. The molecule has 2 N–H and O–H groups in total. The average molecular weight is 337 g/mol. The van der Waals surface area contributed by atoms with Gasteiger partial charge >= 0.3 is 5.97 Å². The molecule has 0 bridgehead atoms. The second-order valence-electron chi connectivity index (χ2n) is 5.00. The van der Waals surface area contributed by atoms with Crippen molar-refractivity contribution in [1.29, 1.82) is 0 Å². The predicted molar refractivity (Wildman–Crippen MR) is 83.8 cm³/mol. The number of rotatable bonds is 7. The van der Waals surface area contributed by atoms with Crippen molar-refractivity contribution in [2.24, 2.45) is 0 Å². The van der Waals surface area contributed by atoms with Crippen LogP contribution in [-0.4, -0.2) is 25.2 Å². The summed E-state index contributed by atoms with van der Waals surface area (Å²) in [6.45, 7) is 0. The predicted octanol–water partition coefficient (Wildman–Crippen LogP) is 2.11. The van der Waals surface area contributed by atoms with E-state index in [1.807, 2.05) is 0 Å². The lowest BCUT2D eigenvalue weighted by Gasteiger charge is -2.15. The van der Waals surface area contributed by atoms with Crippen molar-refractivity contribution in [3.63, 3.8) is 0 Å². The number of benzene rings is 2. The zero-order chi connectivity index (χ0) is 16.9. The van der Waals surface area contributed by atoms with Gasteiger partial charge in [0.2, 0.25) is 10.0 Å². The molecule has 5 nitrogen and oxygen atoms in total. The fourth-order valence-corrected chi connectivity index (χ4v) is 3.31. The van der Waals surface area contributed by atoms with Crippen LogP contribution in [0.5, 0.6) is 0 Å². The van der Waals surface area contributed by atoms with Crippen molar-refractivity contribution < 1.29 is 22.7 Å². The number of nitrogens with one attached hydrogen (secondary N) is 1. The lowest BCUT2D eigenvalue weighted by molar-refractivity contribution is -0.139. The van der Waals surface area contributed by atoms with Crippen molar-refractivity contribution in [3.8, 4) is 0 Å². The standard InChI is InChI=1S/C16H16FNO4S/c17-14-8-4-5-12(11-14)9-10-23(21,22)18-15(16(19)20)13-6-2-1-3-7-13/h1-8,11,15,18H,9-10H2,(H,19,20). The number of carboxylic acids is 1. The van der Waals surface area contributed by atoms with E-state index in [1.54, 1.807) is 24.3 Å². The molecule has 0 aliphatic heterocycles. The van der Waals surface area contributed by atoms with Crippen LogP contribution in [0.1, 0.15) is 17.2 Å². The molecular weight excluding hydrogens is 321 g/mol. The lowest BCUT2D eigenvalue weighted by Crippen LogP contribution is -2.35. The van der Waals surface area contributed by atoms with Crippen LogP contribution in [0.15, 0.2) is 54.6 Å². The molecule has 23 heavy (non-hydrogen) atoms. The summed E-state index contributed by atoms with van der Waals surface area (Å²) in [7, 11) is -3.84. The van der Waals surface area contributed by atoms with Gasteiger partial charge in [-0.3, -0.25) is 4.79 Å². The largest absolute Gasteiger partial charge is 0.480 e. The third kappa shape index (κ3) is 5.15. The van der Waals surface area contributed by atoms with Crippen LogP contribution in [0.2, 0.25) is 0 Å². The average Bonchev–Trinajstić information content (AvgIpc) is 2.52. The number of aryl methyl sites for hydroxylation is 1. The van der Waals surface area contributed by atoms with Crippen LogP contribution in [-0.2, 0) is 21.2 Å². The third-order valence-corrected chi connectivity index (χ3v) is 4.56. The van der Waals surface area contributed by atoms with Gasteiger partial charge in [0, 0.05) is 0 Å². The van der Waals surface area contributed by atoms with E-state index in [2.05, 4.69) is 4.72 Å². The molecule has 122 valence electrons. The number of sulfonamides is 1. The molecule has 1 atom stereocenters. The summed E-state index contributed by atoms with van der Waals surface area (Å²) < 4.78 is 39.5. The molecule has 2 aromatic carbocycles. The van der Waals surface area contributed by atoms with Crippen LogP contribution >= 0.6 is 0 Å². The summed E-state index contributed by atoms with van der Waals surface area (Å²) in [4.78, 5) is 11.3. The maximum absolute atomic E-state index is 13.1. The molecule has 0 aliphatic rings. The normalized spacial score (nSPS) is 12.7. The molecule has 0 amide bonds. The highest BCUT2D eigenvalue weighted by Gasteiger charge is 2.25. The summed E-state index contributed by atoms with van der Waals surface area (Å²) in [5, 5.41) is 9.24. The fourth-order valence-electron chi connectivity index (χ4n) is 2.09. The highest BCUT2D eigenvalue weighted by molar-refractivity contribution is 7.89. The monoisotopic (exact) mass is 337 g/mol. The van der Waals surface area contributed by atoms with Gasteiger partial charge in [-0.05, 0) is 29.7 Å². The molecule has 0 fully saturated rings. The maximum Gasteiger partial charge on any atom is 0.326 e. The van der Waals surface area contributed by atoms with Crippen molar-refractivity contribution >= 4 is 16.0 Å². The number of hydrogen-bond acceptors (Lipinski definition) is 3. The van der Waals surface area contributed by atoms with Crippen molar-refractivity contribution in [1.82, 2.24) is 4.72 Å². The Morgan fingerprint density at radius 3 is 2.43 bits per heavy atom. The number of carbonyl (C=O) groups is 1. The topological polar surface area (TPSA) is 83.5 Å². The smallest absolute Gasteiger partial charge is 0.326 e. The Morgan fingerprint density at radius 1 is 1.13 bits per heavy atom. The van der Waals surface area contributed by atoms with Crippen LogP contribution in [0.4, 0.5) is 4.39 Å². The molecule has 7 heteroatoms. The molecule has 1 unspecified atom stereocenters. The van der Waals surface area contributed by atoms with Crippen LogP contribution in [0, 0.1) is 5.82 Å². The minimum atomic E-state index is -3.84. The molecule has 0 radical (unpaired) electrons. The van der Waals surface area contributed by atoms with E-state index in [0.29, 0.717) is 11.1 Å². The van der Waals surface area contributed by atoms with Crippen molar-refractivity contribution in [3.05, 3.63) is 71.5 Å². The van der Waals surface area contributed by atoms with Crippen molar-refractivity contribution in [2.75, 3.05) is 5.75 Å². The SMILES string of the molecule is O=C(O)C(NS(=O)(=O)CCc1cccc(F)c1)c1ccccc1. The molecule has 0 saturated heterocycles. The first kappa shape index (κ1) is 17.1. The molecule has 0 aliphatic carbocycles. The summed E-state index contributed by atoms with van der Waals surface area (Å²) in [6, 6.07) is 12.3. The highest BCUT2D eigenvalue weighted by atomic mass is 32.2. The van der Waals surface area contributed by atoms with E-state index in [-0.39, 0.29) is 12.2 Å². The summed E-state index contributed by atoms with van der Waals surface area (Å²) >= 11 is 0. The molecule has 2 rings (SSSR count). The highest BCUT2D eigenvalue weighted by Crippen LogP contribution is 2.14. The van der Waals surface area contributed by atoms with E-state index >= 15 is 0 Å². The van der Waals surface area contributed by atoms with Crippen LogP contribution < -0.4 is 4.72 Å². The minimum Gasteiger partial charge on any atom is -0.480 e. The summed E-state index contributed by atoms with van der Waals surface area (Å²) in [6.07, 6.45) is 0.0915. The second-order valence-corrected chi connectivity index (χ2v) is 6.87. The van der Waals surface area contributed by atoms with Gasteiger partial charge in [-0.1, -0.05) is 42.5 Å². The Balaban J connectivity index is 2.08. The summed E-state index contributed by atoms with van der Waals surface area (Å²) in [5.74, 6) is -2.06. The molecule has 0 aromatic heterocycles. The first-order valence-corrected chi connectivity index (χ1v) is 8.55. The summed E-state index contributed by atoms with van der Waals surface area (Å²) in [5.41, 5.74) is 0.872. The Morgan fingerprint density at radius 2 is 1.83 bits per heavy atom. The quantitative estimate of drug-likeness (QED) is 0.810. The molecule has 0 heterocycles. The molecule has 0 spiro atoms. The van der Waals surface area contributed by atoms with E-state index in [1.165, 1.54) is 30.3 Å². The Kier molecular flexibility index (Phi) is 5.46. The molecule has 2 aromatic rings. The van der Waals surface area contributed by atoms with E-state index in [9.17, 15) is 22.7 Å². The zero-order valence-electron chi connectivity index (χ0n) is 12.1. The number of carboxylic acid groups (broad SMARTS) is 1. The van der Waals surface area contributed by atoms with E-state index < -0.39 is 27.9 Å². The second kappa shape index (κ2) is 7.34. The molecule has 0 saturated carbocycles. The van der Waals surface area contributed by atoms with Gasteiger partial charge in [-0.2, -0.15) is 4.72 Å². The van der Waals surface area contributed by atoms with Crippen molar-refractivity contribution in [2.45, 2.75) is 12.5 Å². The van der Waals surface area contributed by atoms with Gasteiger partial charge in [-0.15, -0.1) is 0 Å². The van der Waals surface area contributed by atoms with Gasteiger partial charge in [0.05, 0.1) is 5.75 Å². The van der Waals surface area contributed by atoms with Gasteiger partial charge in [0.25, 0.3) is 0 Å². The zero-order valence-corrected chi connectivity index (χ0v) is 13.0. The van der Waals surface area contributed by atoms with E-state index in [4.69, 9.17) is 0 Å². The Bertz CT molecular complexity index is 778. The molecular formula is C16H16FNO4S. The van der Waals surface area contributed by atoms with E-state index in [0.717, 1.165) is 0 Å². The van der Waals surface area contributed by atoms with Gasteiger partial charge in [-0.25, -0.2) is 12.8 Å². The first-order valence-electron chi connectivity index (χ1n) is 6.89. The number of hydrogen-bond donors (Lipinski definition) is 2. The van der Waals surface area contributed by atoms with Crippen LogP contribution in [0.25, 0.3) is 0 Å². The minimum absolute atomic E-state index is 0.0915. The number of aliphatic carboxylic acids is 1.